The molecule has 0 amide bonds. The molecule has 0 atom stereocenters. The van der Waals surface area contributed by atoms with Gasteiger partial charge in [0.15, 0.2) is 0 Å². The van der Waals surface area contributed by atoms with Gasteiger partial charge in [-0.05, 0) is 0 Å². The Morgan fingerprint density at radius 2 is 0.840 bits per heavy atom. The van der Waals surface area contributed by atoms with Crippen molar-refractivity contribution in [3.05, 3.63) is 0 Å². The van der Waals surface area contributed by atoms with Crippen LogP contribution in [-0.2, 0) is 9.59 Å². The number of carbonyl (C=O) groups excluding carboxylic acids is 2. The van der Waals surface area contributed by atoms with Gasteiger partial charge in [0.1, 0.15) is 5.97 Å². The molecule has 0 aromatic heterocycles. The standard InChI is InChI=1S/C8HF13O3.Na/c9-3(10,1(22)2(23)24)4(11,12)5(13,14)6(15,16)7(17,18)8(19,20)21;/h(H,23,24);/q;+1/p-1. The number of carbonyl (C=O) groups is 2. The molecule has 0 unspecified atom stereocenters. The van der Waals surface area contributed by atoms with Crippen LogP contribution in [0, 0.1) is 0 Å². The number of hydrogen-bond donors (Lipinski definition) is 0. The Hall–Kier alpha value is -0.770. The fourth-order valence-electron chi connectivity index (χ4n) is 1.04. The summed E-state index contributed by atoms with van der Waals surface area (Å²) < 4.78 is 162. The van der Waals surface area contributed by atoms with E-state index in [1.54, 1.807) is 0 Å². The molecular formula is C8F13NaO3. The van der Waals surface area contributed by atoms with E-state index in [0.29, 0.717) is 0 Å². The van der Waals surface area contributed by atoms with Crippen LogP contribution in [0.15, 0.2) is 0 Å². The van der Waals surface area contributed by atoms with Crippen LogP contribution in [0.2, 0.25) is 0 Å². The summed E-state index contributed by atoms with van der Waals surface area (Å²) >= 11 is 0. The Morgan fingerprint density at radius 1 is 0.560 bits per heavy atom. The Labute approximate surface area is 149 Å². The van der Waals surface area contributed by atoms with Crippen LogP contribution in [-0.4, -0.2) is 47.5 Å². The molecule has 0 N–H and O–H groups in total. The topological polar surface area (TPSA) is 57.2 Å². The van der Waals surface area contributed by atoms with Gasteiger partial charge in [-0.3, -0.25) is 4.79 Å². The second-order valence-corrected chi connectivity index (χ2v) is 3.99. The maximum atomic E-state index is 12.8. The zero-order valence-corrected chi connectivity index (χ0v) is 13.1. The van der Waals surface area contributed by atoms with E-state index < -0.39 is 47.5 Å². The minimum atomic E-state index is -8.21. The molecule has 0 spiro atoms. The first-order chi connectivity index (χ1) is 10.1. The maximum absolute atomic E-state index is 12.8. The van der Waals surface area contributed by atoms with E-state index in [2.05, 4.69) is 0 Å². The first-order valence-corrected chi connectivity index (χ1v) is 4.82. The van der Waals surface area contributed by atoms with Gasteiger partial charge in [-0.2, -0.15) is 57.1 Å². The zero-order chi connectivity index (χ0) is 20.2. The van der Waals surface area contributed by atoms with Crippen LogP contribution in [0.25, 0.3) is 0 Å². The molecule has 0 bridgehead atoms. The number of rotatable bonds is 6. The predicted octanol–water partition coefficient (Wildman–Crippen LogP) is -0.952. The van der Waals surface area contributed by atoms with E-state index >= 15 is 0 Å². The summed E-state index contributed by atoms with van der Waals surface area (Å²) in [6, 6.07) is 0. The Bertz CT molecular complexity index is 538. The second-order valence-electron chi connectivity index (χ2n) is 3.99. The van der Waals surface area contributed by atoms with Crippen molar-refractivity contribution >= 4 is 11.8 Å². The van der Waals surface area contributed by atoms with Crippen molar-refractivity contribution in [3.63, 3.8) is 0 Å². The van der Waals surface area contributed by atoms with Gasteiger partial charge in [-0.15, -0.1) is 0 Å². The monoisotopic (exact) mass is 414 g/mol. The van der Waals surface area contributed by atoms with E-state index in [9.17, 15) is 71.8 Å². The van der Waals surface area contributed by atoms with Gasteiger partial charge in [-0.25, -0.2) is 0 Å². The number of ketones is 1. The molecule has 0 aromatic carbocycles. The molecule has 0 aliphatic rings. The largest absolute Gasteiger partial charge is 1.00 e. The van der Waals surface area contributed by atoms with Crippen LogP contribution in [0.1, 0.15) is 0 Å². The first kappa shape index (κ1) is 26.5. The Morgan fingerprint density at radius 3 is 1.08 bits per heavy atom. The quantitative estimate of drug-likeness (QED) is 0.320. The third kappa shape index (κ3) is 3.56. The van der Waals surface area contributed by atoms with Gasteiger partial charge in [0.2, 0.25) is 0 Å². The SMILES string of the molecule is O=C([O-])C(=O)C(F)(F)C(F)(F)C(F)(F)C(F)(F)C(F)(F)C(F)(F)F.[Na+]. The van der Waals surface area contributed by atoms with Gasteiger partial charge in [0, 0.05) is 0 Å². The van der Waals surface area contributed by atoms with Crippen molar-refractivity contribution in [2.24, 2.45) is 0 Å². The summed E-state index contributed by atoms with van der Waals surface area (Å²) in [5.41, 5.74) is 0. The van der Waals surface area contributed by atoms with Gasteiger partial charge < -0.3 is 9.90 Å². The average molecular weight is 414 g/mol. The maximum Gasteiger partial charge on any atom is 1.00 e. The number of alkyl halides is 13. The van der Waals surface area contributed by atoms with Gasteiger partial charge in [-0.1, -0.05) is 0 Å². The molecule has 0 saturated heterocycles. The summed E-state index contributed by atoms with van der Waals surface area (Å²) in [6.45, 7) is 0. The number of carboxylic acid groups (broad SMARTS) is 1. The van der Waals surface area contributed by atoms with Crippen LogP contribution in [0.3, 0.4) is 0 Å². The van der Waals surface area contributed by atoms with Crippen molar-refractivity contribution in [1.82, 2.24) is 0 Å². The van der Waals surface area contributed by atoms with Crippen LogP contribution >= 0.6 is 0 Å². The number of hydrogen-bond acceptors (Lipinski definition) is 3. The second kappa shape index (κ2) is 6.75. The van der Waals surface area contributed by atoms with E-state index in [-0.39, 0.29) is 29.6 Å². The van der Waals surface area contributed by atoms with Crippen molar-refractivity contribution < 1.29 is 101 Å². The molecule has 0 aliphatic heterocycles. The van der Waals surface area contributed by atoms with E-state index in [0.717, 1.165) is 0 Å². The van der Waals surface area contributed by atoms with Gasteiger partial charge in [0.25, 0.3) is 5.78 Å². The molecule has 3 nitrogen and oxygen atoms in total. The summed E-state index contributed by atoms with van der Waals surface area (Å²) in [4.78, 5) is 19.8. The fraction of sp³-hybridized carbons (Fsp3) is 0.750. The summed E-state index contributed by atoms with van der Waals surface area (Å²) in [5, 5.41) is 9.69. The minimum absolute atomic E-state index is 0. The summed E-state index contributed by atoms with van der Waals surface area (Å²) in [5.74, 6) is -47.7. The fourth-order valence-corrected chi connectivity index (χ4v) is 1.04. The van der Waals surface area contributed by atoms with Crippen LogP contribution in [0.5, 0.6) is 0 Å². The molecule has 25 heavy (non-hydrogen) atoms. The van der Waals surface area contributed by atoms with Gasteiger partial charge >= 0.3 is 65.3 Å². The molecular weight excluding hydrogens is 414 g/mol. The Kier molecular flexibility index (Phi) is 7.15. The van der Waals surface area contributed by atoms with Crippen LogP contribution < -0.4 is 34.7 Å². The van der Waals surface area contributed by atoms with E-state index in [4.69, 9.17) is 0 Å². The molecule has 0 rings (SSSR count). The first-order valence-electron chi connectivity index (χ1n) is 4.82. The van der Waals surface area contributed by atoms with Crippen molar-refractivity contribution in [2.75, 3.05) is 0 Å². The third-order valence-electron chi connectivity index (χ3n) is 2.40. The molecule has 0 heterocycles. The molecule has 17 heteroatoms. The molecule has 142 valence electrons. The van der Waals surface area contributed by atoms with E-state index in [1.165, 1.54) is 0 Å². The molecule has 0 radical (unpaired) electrons. The smallest absolute Gasteiger partial charge is 0.542 e. The number of carboxylic acids is 1. The van der Waals surface area contributed by atoms with Crippen molar-refractivity contribution in [3.8, 4) is 0 Å². The Balaban J connectivity index is 0. The zero-order valence-electron chi connectivity index (χ0n) is 11.1. The number of Topliss-reactive ketones (excluding diaryl/α,β-unsaturated/α-hetero) is 1. The van der Waals surface area contributed by atoms with Crippen molar-refractivity contribution in [1.29, 1.82) is 0 Å². The minimum Gasteiger partial charge on any atom is -0.542 e. The third-order valence-corrected chi connectivity index (χ3v) is 2.40. The summed E-state index contributed by atoms with van der Waals surface area (Å²) in [6.07, 6.45) is -7.59. The number of aliphatic carboxylic acids is 1. The normalized spacial score (nSPS) is 14.8. The molecule has 0 aliphatic carbocycles. The molecule has 0 aromatic rings. The number of halogens is 13. The molecule has 0 fully saturated rings. The average Bonchev–Trinajstić information content (AvgIpc) is 2.35. The van der Waals surface area contributed by atoms with Crippen LogP contribution in [0.4, 0.5) is 57.1 Å². The molecule has 0 saturated carbocycles. The van der Waals surface area contributed by atoms with Crippen molar-refractivity contribution in [2.45, 2.75) is 35.8 Å². The van der Waals surface area contributed by atoms with Gasteiger partial charge in [0.05, 0.1) is 0 Å². The predicted molar refractivity (Wildman–Crippen MR) is 40.8 cm³/mol. The van der Waals surface area contributed by atoms with E-state index in [1.807, 2.05) is 0 Å². The summed E-state index contributed by atoms with van der Waals surface area (Å²) in [7, 11) is 0.